The van der Waals surface area contributed by atoms with E-state index in [1.54, 1.807) is 4.90 Å². The monoisotopic (exact) mass is 475 g/mol. The molecule has 12 heteroatoms. The predicted molar refractivity (Wildman–Crippen MR) is 113 cm³/mol. The average molecular weight is 475 g/mol. The van der Waals surface area contributed by atoms with Crippen molar-refractivity contribution in [2.24, 2.45) is 10.8 Å². The molecule has 2 aromatic carbocycles. The van der Waals surface area contributed by atoms with Gasteiger partial charge in [-0.2, -0.15) is 18.3 Å². The molecule has 172 valence electrons. The smallest absolute Gasteiger partial charge is 0.375 e. The summed E-state index contributed by atoms with van der Waals surface area (Å²) in [6.45, 7) is 1.55. The summed E-state index contributed by atoms with van der Waals surface area (Å²) in [6, 6.07) is 4.49. The van der Waals surface area contributed by atoms with Crippen LogP contribution in [-0.2, 0) is 12.7 Å². The zero-order valence-corrected chi connectivity index (χ0v) is 17.4. The standard InChI is InChI=1S/C20H19F6N5S/c21-15-8-14(20(24,25)26)2-1-12(15)11-30-3-5-31(6-4-30)18-9-16(22)13(7-17(18)23)10-28-29-19(27)32/h1-2,7-10H,3-6,11H2,(H3,27,29,32). The van der Waals surface area contributed by atoms with Gasteiger partial charge < -0.3 is 10.6 Å². The first kappa shape index (κ1) is 23.8. The molecule has 32 heavy (non-hydrogen) atoms. The molecule has 1 heterocycles. The number of nitrogens with one attached hydrogen (secondary N) is 1. The minimum atomic E-state index is -4.61. The second-order valence-corrected chi connectivity index (χ2v) is 7.57. The van der Waals surface area contributed by atoms with Crippen molar-refractivity contribution in [2.75, 3.05) is 31.1 Å². The SMILES string of the molecule is NC(=S)NN=Cc1cc(F)c(N2CCN(Cc3ccc(C(F)(F)F)cc3F)CC2)cc1F. The number of benzene rings is 2. The minimum absolute atomic E-state index is 0.0716. The molecular weight excluding hydrogens is 456 g/mol. The Hall–Kier alpha value is -2.86. The number of hydrazone groups is 1. The van der Waals surface area contributed by atoms with Gasteiger partial charge in [0.25, 0.3) is 0 Å². The van der Waals surface area contributed by atoms with Gasteiger partial charge in [-0.05, 0) is 30.4 Å². The second-order valence-electron chi connectivity index (χ2n) is 7.13. The molecule has 3 rings (SSSR count). The van der Waals surface area contributed by atoms with Gasteiger partial charge in [0.15, 0.2) is 5.11 Å². The molecule has 1 saturated heterocycles. The van der Waals surface area contributed by atoms with Crippen LogP contribution in [0.3, 0.4) is 0 Å². The van der Waals surface area contributed by atoms with Gasteiger partial charge in [-0.15, -0.1) is 0 Å². The van der Waals surface area contributed by atoms with E-state index in [9.17, 15) is 26.3 Å². The van der Waals surface area contributed by atoms with Gasteiger partial charge in [-0.3, -0.25) is 10.3 Å². The summed E-state index contributed by atoms with van der Waals surface area (Å²) in [5, 5.41) is 3.48. The minimum Gasteiger partial charge on any atom is -0.375 e. The average Bonchev–Trinajstić information content (AvgIpc) is 2.71. The van der Waals surface area contributed by atoms with Gasteiger partial charge in [0.2, 0.25) is 0 Å². The molecule has 0 atom stereocenters. The van der Waals surface area contributed by atoms with Gasteiger partial charge in [0.1, 0.15) is 17.5 Å². The molecule has 0 radical (unpaired) electrons. The highest BCUT2D eigenvalue weighted by atomic mass is 32.1. The summed E-state index contributed by atoms with van der Waals surface area (Å²) in [4.78, 5) is 3.48. The van der Waals surface area contributed by atoms with Gasteiger partial charge in [0, 0.05) is 49.9 Å². The lowest BCUT2D eigenvalue weighted by molar-refractivity contribution is -0.137. The topological polar surface area (TPSA) is 56.9 Å². The van der Waals surface area contributed by atoms with Crippen LogP contribution in [0.4, 0.5) is 32.0 Å². The Labute approximate surface area is 185 Å². The first-order chi connectivity index (χ1) is 15.0. The van der Waals surface area contributed by atoms with Crippen molar-refractivity contribution in [1.29, 1.82) is 0 Å². The van der Waals surface area contributed by atoms with Crippen LogP contribution in [0.2, 0.25) is 0 Å². The normalized spacial score (nSPS) is 15.4. The molecule has 0 aromatic heterocycles. The molecule has 1 aliphatic heterocycles. The van der Waals surface area contributed by atoms with Gasteiger partial charge in [-0.1, -0.05) is 6.07 Å². The zero-order chi connectivity index (χ0) is 23.5. The van der Waals surface area contributed by atoms with Crippen LogP contribution in [0.1, 0.15) is 16.7 Å². The summed E-state index contributed by atoms with van der Waals surface area (Å²) >= 11 is 4.56. The molecule has 3 N–H and O–H groups in total. The van der Waals surface area contributed by atoms with E-state index in [0.717, 1.165) is 30.5 Å². The van der Waals surface area contributed by atoms with Gasteiger partial charge in [0.05, 0.1) is 17.5 Å². The van der Waals surface area contributed by atoms with Crippen molar-refractivity contribution in [3.05, 3.63) is 64.5 Å². The fourth-order valence-electron chi connectivity index (χ4n) is 3.30. The molecule has 1 aliphatic rings. The maximum Gasteiger partial charge on any atom is 0.416 e. The number of nitrogens with two attached hydrogens (primary N) is 1. The summed E-state index contributed by atoms with van der Waals surface area (Å²) in [5.74, 6) is -2.27. The van der Waals surface area contributed by atoms with Crippen LogP contribution in [0.5, 0.6) is 0 Å². The number of thiocarbonyl (C=S) groups is 1. The quantitative estimate of drug-likeness (QED) is 0.300. The Morgan fingerprint density at radius 2 is 1.72 bits per heavy atom. The molecule has 0 bridgehead atoms. The van der Waals surface area contributed by atoms with Crippen molar-refractivity contribution >= 4 is 29.2 Å². The molecule has 0 saturated carbocycles. The maximum absolute atomic E-state index is 14.5. The molecule has 0 spiro atoms. The van der Waals surface area contributed by atoms with Crippen LogP contribution < -0.4 is 16.1 Å². The number of nitrogens with zero attached hydrogens (tertiary/aromatic N) is 3. The molecule has 1 fully saturated rings. The summed E-state index contributed by atoms with van der Waals surface area (Å²) in [7, 11) is 0. The van der Waals surface area contributed by atoms with E-state index in [1.807, 2.05) is 4.90 Å². The molecule has 5 nitrogen and oxygen atoms in total. The number of alkyl halides is 3. The lowest BCUT2D eigenvalue weighted by Gasteiger charge is -2.36. The van der Waals surface area contributed by atoms with E-state index in [-0.39, 0.29) is 28.5 Å². The first-order valence-corrected chi connectivity index (χ1v) is 9.86. The number of hydrogen-bond donors (Lipinski definition) is 2. The van der Waals surface area contributed by atoms with Crippen molar-refractivity contribution in [2.45, 2.75) is 12.7 Å². The van der Waals surface area contributed by atoms with E-state index >= 15 is 0 Å². The number of piperazine rings is 1. The highest BCUT2D eigenvalue weighted by molar-refractivity contribution is 7.80. The lowest BCUT2D eigenvalue weighted by Crippen LogP contribution is -2.46. The van der Waals surface area contributed by atoms with Crippen LogP contribution in [0.15, 0.2) is 35.4 Å². The Bertz CT molecular complexity index is 1020. The third-order valence-corrected chi connectivity index (χ3v) is 5.02. The summed E-state index contributed by atoms with van der Waals surface area (Å²) in [6.07, 6.45) is -3.56. The van der Waals surface area contributed by atoms with E-state index in [1.165, 1.54) is 0 Å². The van der Waals surface area contributed by atoms with Gasteiger partial charge in [-0.25, -0.2) is 13.2 Å². The summed E-state index contributed by atoms with van der Waals surface area (Å²) < 4.78 is 81.0. The van der Waals surface area contributed by atoms with Crippen LogP contribution in [-0.4, -0.2) is 42.4 Å². The number of anilines is 1. The van der Waals surface area contributed by atoms with E-state index in [2.05, 4.69) is 22.7 Å². The van der Waals surface area contributed by atoms with Crippen molar-refractivity contribution < 1.29 is 26.3 Å². The highest BCUT2D eigenvalue weighted by Crippen LogP contribution is 2.30. The largest absolute Gasteiger partial charge is 0.416 e. The fraction of sp³-hybridized carbons (Fsp3) is 0.300. The van der Waals surface area contributed by atoms with Crippen molar-refractivity contribution in [3.63, 3.8) is 0 Å². The lowest BCUT2D eigenvalue weighted by atomic mass is 10.1. The van der Waals surface area contributed by atoms with E-state index < -0.39 is 29.2 Å². The predicted octanol–water partition coefficient (Wildman–Crippen LogP) is 3.61. The highest BCUT2D eigenvalue weighted by Gasteiger charge is 2.31. The molecule has 0 unspecified atom stereocenters. The van der Waals surface area contributed by atoms with E-state index in [0.29, 0.717) is 32.2 Å². The Morgan fingerprint density at radius 3 is 2.31 bits per heavy atom. The van der Waals surface area contributed by atoms with Gasteiger partial charge >= 0.3 is 6.18 Å². The zero-order valence-electron chi connectivity index (χ0n) is 16.6. The fourth-order valence-corrected chi connectivity index (χ4v) is 3.35. The molecule has 2 aromatic rings. The Balaban J connectivity index is 1.63. The maximum atomic E-state index is 14.5. The third-order valence-electron chi connectivity index (χ3n) is 4.93. The number of hydrogen-bond acceptors (Lipinski definition) is 4. The van der Waals surface area contributed by atoms with Crippen molar-refractivity contribution in [3.8, 4) is 0 Å². The first-order valence-electron chi connectivity index (χ1n) is 9.45. The number of halogens is 6. The Morgan fingerprint density at radius 1 is 1.03 bits per heavy atom. The van der Waals surface area contributed by atoms with Crippen LogP contribution in [0.25, 0.3) is 0 Å². The van der Waals surface area contributed by atoms with Crippen LogP contribution in [0, 0.1) is 17.5 Å². The van der Waals surface area contributed by atoms with Crippen molar-refractivity contribution in [1.82, 2.24) is 10.3 Å². The van der Waals surface area contributed by atoms with E-state index in [4.69, 9.17) is 5.73 Å². The summed E-state index contributed by atoms with van der Waals surface area (Å²) in [5.41, 5.74) is 6.52. The third kappa shape index (κ3) is 5.88. The second kappa shape index (κ2) is 9.74. The molecular formula is C20H19F6N5S. The molecule has 0 amide bonds. The molecule has 0 aliphatic carbocycles. The number of rotatable bonds is 5. The van der Waals surface area contributed by atoms with Crippen LogP contribution >= 0.6 is 12.2 Å². The Kier molecular flexibility index (Phi) is 7.24.